The molecule has 0 bridgehead atoms. The van der Waals surface area contributed by atoms with Crippen LogP contribution in [-0.2, 0) is 0 Å². The molecule has 0 saturated heterocycles. The van der Waals surface area contributed by atoms with Crippen molar-refractivity contribution in [1.82, 2.24) is 10.6 Å². The van der Waals surface area contributed by atoms with Gasteiger partial charge in [0.15, 0.2) is 4.96 Å². The molecule has 3 unspecified atom stereocenters. The van der Waals surface area contributed by atoms with Crippen molar-refractivity contribution in [3.63, 3.8) is 0 Å². The van der Waals surface area contributed by atoms with Crippen LogP contribution >= 0.6 is 23.2 Å². The van der Waals surface area contributed by atoms with E-state index in [2.05, 4.69) is 17.6 Å². The average Bonchev–Trinajstić information content (AvgIpc) is 2.18. The Morgan fingerprint density at radius 3 is 2.53 bits per heavy atom. The molecule has 0 aliphatic heterocycles. The van der Waals surface area contributed by atoms with Crippen molar-refractivity contribution in [2.75, 3.05) is 7.05 Å². The van der Waals surface area contributed by atoms with Gasteiger partial charge >= 0.3 is 0 Å². The van der Waals surface area contributed by atoms with Gasteiger partial charge in [-0.15, -0.1) is 0 Å². The standard InChI is InChI=1S/C11H22Cl2N2/c1-3-4-8-5-6-9(14-2)10(7-8)15-11(12)13/h8-11,14-15H,3-7H2,1-2H3. The Labute approximate surface area is 103 Å². The highest BCUT2D eigenvalue weighted by atomic mass is 35.5. The van der Waals surface area contributed by atoms with Crippen molar-refractivity contribution in [1.29, 1.82) is 0 Å². The molecule has 2 nitrogen and oxygen atoms in total. The quantitative estimate of drug-likeness (QED) is 0.581. The van der Waals surface area contributed by atoms with Crippen LogP contribution in [0.3, 0.4) is 0 Å². The minimum absolute atomic E-state index is 0.417. The van der Waals surface area contributed by atoms with Gasteiger partial charge in [0.1, 0.15) is 0 Å². The van der Waals surface area contributed by atoms with Gasteiger partial charge in [0.25, 0.3) is 0 Å². The number of rotatable bonds is 5. The zero-order chi connectivity index (χ0) is 11.3. The van der Waals surface area contributed by atoms with E-state index >= 15 is 0 Å². The second kappa shape index (κ2) is 6.95. The molecular weight excluding hydrogens is 231 g/mol. The number of nitrogens with one attached hydrogen (secondary N) is 2. The van der Waals surface area contributed by atoms with Gasteiger partial charge in [-0.2, -0.15) is 0 Å². The molecule has 3 atom stereocenters. The number of halogens is 2. The number of hydrogen-bond donors (Lipinski definition) is 2. The molecule has 1 saturated carbocycles. The van der Waals surface area contributed by atoms with Crippen molar-refractivity contribution in [3.05, 3.63) is 0 Å². The zero-order valence-electron chi connectivity index (χ0n) is 9.60. The molecule has 0 spiro atoms. The van der Waals surface area contributed by atoms with Gasteiger partial charge in [0.2, 0.25) is 0 Å². The molecule has 1 fully saturated rings. The van der Waals surface area contributed by atoms with E-state index in [1.807, 2.05) is 7.05 Å². The third-order valence-electron chi connectivity index (χ3n) is 3.37. The van der Waals surface area contributed by atoms with Crippen LogP contribution in [0.2, 0.25) is 0 Å². The molecule has 0 aromatic carbocycles. The van der Waals surface area contributed by atoms with Crippen molar-refractivity contribution < 1.29 is 0 Å². The highest BCUT2D eigenvalue weighted by Crippen LogP contribution is 2.28. The Hall–Kier alpha value is 0.500. The summed E-state index contributed by atoms with van der Waals surface area (Å²) in [6, 6.07) is 0.929. The maximum Gasteiger partial charge on any atom is 0.158 e. The third-order valence-corrected chi connectivity index (χ3v) is 3.62. The van der Waals surface area contributed by atoms with Crippen molar-refractivity contribution in [2.45, 2.75) is 56.1 Å². The van der Waals surface area contributed by atoms with Gasteiger partial charge in [0.05, 0.1) is 0 Å². The predicted octanol–water partition coefficient (Wildman–Crippen LogP) is 2.89. The van der Waals surface area contributed by atoms with Crippen LogP contribution in [0.1, 0.15) is 39.0 Å². The molecule has 0 aromatic heterocycles. The summed E-state index contributed by atoms with van der Waals surface area (Å²) in [6.45, 7) is 2.25. The highest BCUT2D eigenvalue weighted by Gasteiger charge is 2.29. The summed E-state index contributed by atoms with van der Waals surface area (Å²) in [4.78, 5) is -0.453. The van der Waals surface area contributed by atoms with Crippen LogP contribution in [-0.4, -0.2) is 24.1 Å². The van der Waals surface area contributed by atoms with Crippen LogP contribution in [0, 0.1) is 5.92 Å². The lowest BCUT2D eigenvalue weighted by Gasteiger charge is -2.37. The fraction of sp³-hybridized carbons (Fsp3) is 1.00. The summed E-state index contributed by atoms with van der Waals surface area (Å²) in [5.74, 6) is 0.837. The Morgan fingerprint density at radius 1 is 1.27 bits per heavy atom. The van der Waals surface area contributed by atoms with E-state index < -0.39 is 4.96 Å². The number of likely N-dealkylation sites (N-methyl/N-ethyl adjacent to an activating group) is 1. The molecule has 2 N–H and O–H groups in total. The predicted molar refractivity (Wildman–Crippen MR) is 67.5 cm³/mol. The van der Waals surface area contributed by atoms with Crippen molar-refractivity contribution in [2.24, 2.45) is 5.92 Å². The first kappa shape index (κ1) is 13.6. The lowest BCUT2D eigenvalue weighted by molar-refractivity contribution is 0.226. The summed E-state index contributed by atoms with van der Waals surface area (Å²) < 4.78 is 0. The summed E-state index contributed by atoms with van der Waals surface area (Å²) in [6.07, 6.45) is 6.33. The highest BCUT2D eigenvalue weighted by molar-refractivity contribution is 6.43. The van der Waals surface area contributed by atoms with Gasteiger partial charge in [-0.1, -0.05) is 43.0 Å². The van der Waals surface area contributed by atoms with E-state index in [4.69, 9.17) is 23.2 Å². The SMILES string of the molecule is CCCC1CCC(NC)C(NC(Cl)Cl)C1. The first-order chi connectivity index (χ1) is 7.17. The maximum atomic E-state index is 5.78. The molecule has 4 heteroatoms. The second-order valence-electron chi connectivity index (χ2n) is 4.44. The minimum atomic E-state index is -0.453. The summed E-state index contributed by atoms with van der Waals surface area (Å²) >= 11 is 11.6. The Morgan fingerprint density at radius 2 is 2.00 bits per heavy atom. The van der Waals surface area contributed by atoms with E-state index in [9.17, 15) is 0 Å². The van der Waals surface area contributed by atoms with Crippen LogP contribution in [0.25, 0.3) is 0 Å². The molecular formula is C11H22Cl2N2. The van der Waals surface area contributed by atoms with E-state index in [1.165, 1.54) is 32.1 Å². The van der Waals surface area contributed by atoms with Crippen LogP contribution in [0.4, 0.5) is 0 Å². The van der Waals surface area contributed by atoms with E-state index in [0.717, 1.165) is 5.92 Å². The van der Waals surface area contributed by atoms with E-state index in [0.29, 0.717) is 12.1 Å². The first-order valence-electron chi connectivity index (χ1n) is 5.88. The monoisotopic (exact) mass is 252 g/mol. The van der Waals surface area contributed by atoms with Gasteiger partial charge in [-0.05, 0) is 32.2 Å². The summed E-state index contributed by atoms with van der Waals surface area (Å²) in [5.41, 5.74) is 0. The Bertz CT molecular complexity index is 176. The zero-order valence-corrected chi connectivity index (χ0v) is 11.1. The molecule has 0 aromatic rings. The number of hydrogen-bond acceptors (Lipinski definition) is 2. The van der Waals surface area contributed by atoms with Crippen LogP contribution < -0.4 is 10.6 Å². The normalized spacial score (nSPS) is 32.2. The smallest absolute Gasteiger partial charge is 0.158 e. The first-order valence-corrected chi connectivity index (χ1v) is 6.76. The summed E-state index contributed by atoms with van der Waals surface area (Å²) in [7, 11) is 2.01. The fourth-order valence-corrected chi connectivity index (χ4v) is 2.94. The molecule has 1 aliphatic carbocycles. The number of alkyl halides is 2. The molecule has 15 heavy (non-hydrogen) atoms. The maximum absolute atomic E-state index is 5.78. The minimum Gasteiger partial charge on any atom is -0.315 e. The van der Waals surface area contributed by atoms with E-state index in [-0.39, 0.29) is 0 Å². The molecule has 1 rings (SSSR count). The molecule has 0 radical (unpaired) electrons. The van der Waals surface area contributed by atoms with Crippen LogP contribution in [0.15, 0.2) is 0 Å². The van der Waals surface area contributed by atoms with Gasteiger partial charge in [-0.3, -0.25) is 5.32 Å². The lowest BCUT2D eigenvalue weighted by Crippen LogP contribution is -2.51. The molecule has 0 amide bonds. The molecule has 1 aliphatic rings. The lowest BCUT2D eigenvalue weighted by atomic mass is 9.80. The average molecular weight is 253 g/mol. The van der Waals surface area contributed by atoms with E-state index in [1.54, 1.807) is 0 Å². The molecule has 0 heterocycles. The molecule has 90 valence electrons. The van der Waals surface area contributed by atoms with Gasteiger partial charge in [0, 0.05) is 12.1 Å². The second-order valence-corrected chi connectivity index (χ2v) is 5.53. The Balaban J connectivity index is 2.45. The third kappa shape index (κ3) is 4.48. The fourth-order valence-electron chi connectivity index (χ4n) is 2.62. The van der Waals surface area contributed by atoms with Crippen LogP contribution in [0.5, 0.6) is 0 Å². The van der Waals surface area contributed by atoms with Gasteiger partial charge in [-0.25, -0.2) is 0 Å². The van der Waals surface area contributed by atoms with Crippen molar-refractivity contribution in [3.8, 4) is 0 Å². The van der Waals surface area contributed by atoms with Gasteiger partial charge < -0.3 is 5.32 Å². The Kier molecular flexibility index (Phi) is 6.28. The largest absolute Gasteiger partial charge is 0.315 e. The topological polar surface area (TPSA) is 24.1 Å². The van der Waals surface area contributed by atoms with Crippen molar-refractivity contribution >= 4 is 23.2 Å². The summed E-state index contributed by atoms with van der Waals surface area (Å²) in [5, 5.41) is 6.58.